The van der Waals surface area contributed by atoms with Crippen molar-refractivity contribution in [2.75, 3.05) is 0 Å². The van der Waals surface area contributed by atoms with Gasteiger partial charge >= 0.3 is 5.97 Å². The molecule has 1 aromatic rings. The topological polar surface area (TPSA) is 58.9 Å². The van der Waals surface area contributed by atoms with Gasteiger partial charge in [-0.3, -0.25) is 0 Å². The minimum Gasteiger partial charge on any atom is -0.478 e. The van der Waals surface area contributed by atoms with Gasteiger partial charge in [-0.05, 0) is 12.1 Å². The van der Waals surface area contributed by atoms with Gasteiger partial charge in [-0.1, -0.05) is 34.4 Å². The summed E-state index contributed by atoms with van der Waals surface area (Å²) >= 11 is 11.6. The molecule has 1 aliphatic rings. The fraction of sp³-hybridized carbons (Fsp3) is 0.200. The van der Waals surface area contributed by atoms with Crippen LogP contribution in [0.1, 0.15) is 12.0 Å². The zero-order chi connectivity index (χ0) is 11.7. The van der Waals surface area contributed by atoms with Gasteiger partial charge in [0.05, 0.1) is 15.8 Å². The maximum absolute atomic E-state index is 10.7. The van der Waals surface area contributed by atoms with E-state index in [4.69, 9.17) is 33.1 Å². The zero-order valence-electron chi connectivity index (χ0n) is 7.98. The molecule has 1 aliphatic heterocycles. The highest BCUT2D eigenvalue weighted by molar-refractivity contribution is 6.42. The van der Waals surface area contributed by atoms with Gasteiger partial charge in [0.2, 0.25) is 6.10 Å². The Morgan fingerprint density at radius 1 is 1.44 bits per heavy atom. The Kier molecular flexibility index (Phi) is 3.03. The van der Waals surface area contributed by atoms with Gasteiger partial charge in [0.15, 0.2) is 0 Å². The molecule has 1 aromatic carbocycles. The fourth-order valence-corrected chi connectivity index (χ4v) is 1.65. The molecule has 0 fully saturated rings. The molecule has 1 N–H and O–H groups in total. The second-order valence-electron chi connectivity index (χ2n) is 3.30. The van der Waals surface area contributed by atoms with Gasteiger partial charge in [0, 0.05) is 12.0 Å². The van der Waals surface area contributed by atoms with Crippen LogP contribution < -0.4 is 0 Å². The van der Waals surface area contributed by atoms with Crippen molar-refractivity contribution in [3.63, 3.8) is 0 Å². The van der Waals surface area contributed by atoms with Crippen LogP contribution in [0, 0.1) is 0 Å². The maximum Gasteiger partial charge on any atom is 0.348 e. The lowest BCUT2D eigenvalue weighted by Gasteiger charge is -2.01. The van der Waals surface area contributed by atoms with Gasteiger partial charge in [-0.15, -0.1) is 0 Å². The number of benzene rings is 1. The van der Waals surface area contributed by atoms with E-state index in [2.05, 4.69) is 5.16 Å². The molecule has 1 unspecified atom stereocenters. The van der Waals surface area contributed by atoms with E-state index in [1.54, 1.807) is 18.2 Å². The lowest BCUT2D eigenvalue weighted by molar-refractivity contribution is -0.148. The molecule has 2 rings (SSSR count). The van der Waals surface area contributed by atoms with Crippen molar-refractivity contribution in [3.05, 3.63) is 33.8 Å². The molecule has 1 heterocycles. The average Bonchev–Trinajstić information content (AvgIpc) is 2.71. The Hall–Kier alpha value is -1.26. The van der Waals surface area contributed by atoms with E-state index in [1.165, 1.54) is 0 Å². The summed E-state index contributed by atoms with van der Waals surface area (Å²) in [4.78, 5) is 15.4. The first-order valence-electron chi connectivity index (χ1n) is 4.49. The van der Waals surface area contributed by atoms with Crippen LogP contribution in [0.2, 0.25) is 10.0 Å². The third-order valence-electron chi connectivity index (χ3n) is 2.20. The molecule has 0 spiro atoms. The first-order chi connectivity index (χ1) is 7.58. The minimum absolute atomic E-state index is 0.229. The van der Waals surface area contributed by atoms with Crippen LogP contribution in [0.5, 0.6) is 0 Å². The quantitative estimate of drug-likeness (QED) is 0.888. The molecule has 0 radical (unpaired) electrons. The van der Waals surface area contributed by atoms with Crippen molar-refractivity contribution in [2.24, 2.45) is 5.16 Å². The van der Waals surface area contributed by atoms with E-state index in [9.17, 15) is 4.79 Å². The summed E-state index contributed by atoms with van der Waals surface area (Å²) in [6.45, 7) is 0. The lowest BCUT2D eigenvalue weighted by Crippen LogP contribution is -2.19. The number of oxime groups is 1. The van der Waals surface area contributed by atoms with Crippen LogP contribution in [0.4, 0.5) is 0 Å². The normalized spacial score (nSPS) is 19.1. The van der Waals surface area contributed by atoms with E-state index in [1.807, 2.05) is 0 Å². The summed E-state index contributed by atoms with van der Waals surface area (Å²) in [5.41, 5.74) is 1.28. The van der Waals surface area contributed by atoms with E-state index in [0.717, 1.165) is 5.56 Å². The second-order valence-corrected chi connectivity index (χ2v) is 4.12. The number of carboxylic acids is 1. The highest BCUT2D eigenvalue weighted by Crippen LogP contribution is 2.25. The summed E-state index contributed by atoms with van der Waals surface area (Å²) in [6.07, 6.45) is -0.683. The summed E-state index contributed by atoms with van der Waals surface area (Å²) in [5, 5.41) is 13.3. The van der Waals surface area contributed by atoms with Crippen LogP contribution >= 0.6 is 23.2 Å². The predicted molar refractivity (Wildman–Crippen MR) is 60.1 cm³/mol. The first kappa shape index (κ1) is 11.2. The SMILES string of the molecule is O=C(O)C1CC(c2ccc(Cl)c(Cl)c2)=NO1. The molecule has 84 valence electrons. The van der Waals surface area contributed by atoms with E-state index in [-0.39, 0.29) is 6.42 Å². The fourth-order valence-electron chi connectivity index (χ4n) is 1.36. The van der Waals surface area contributed by atoms with E-state index in [0.29, 0.717) is 15.8 Å². The molecule has 0 saturated heterocycles. The Bertz CT molecular complexity index is 473. The van der Waals surface area contributed by atoms with Crippen LogP contribution in [-0.4, -0.2) is 22.9 Å². The molecule has 4 nitrogen and oxygen atoms in total. The van der Waals surface area contributed by atoms with Crippen LogP contribution in [0.3, 0.4) is 0 Å². The number of rotatable bonds is 2. The summed E-state index contributed by atoms with van der Waals surface area (Å²) in [7, 11) is 0. The van der Waals surface area contributed by atoms with Gasteiger partial charge in [0.25, 0.3) is 0 Å². The highest BCUT2D eigenvalue weighted by atomic mass is 35.5. The smallest absolute Gasteiger partial charge is 0.348 e. The van der Waals surface area contributed by atoms with E-state index < -0.39 is 12.1 Å². The molecular weight excluding hydrogens is 253 g/mol. The Labute approximate surface area is 101 Å². The molecular formula is C10H7Cl2NO3. The molecule has 0 saturated carbocycles. The average molecular weight is 260 g/mol. The van der Waals surface area contributed by atoms with Crippen molar-refractivity contribution < 1.29 is 14.7 Å². The number of halogens is 2. The molecule has 6 heteroatoms. The molecule has 0 aromatic heterocycles. The summed E-state index contributed by atoms with van der Waals surface area (Å²) in [5.74, 6) is -1.03. The monoisotopic (exact) mass is 259 g/mol. The number of carbonyl (C=O) groups is 1. The van der Waals surface area contributed by atoms with Gasteiger partial charge < -0.3 is 9.94 Å². The molecule has 0 bridgehead atoms. The maximum atomic E-state index is 10.7. The van der Waals surface area contributed by atoms with Crippen LogP contribution in [-0.2, 0) is 9.63 Å². The van der Waals surface area contributed by atoms with Gasteiger partial charge in [0.1, 0.15) is 0 Å². The molecule has 0 aliphatic carbocycles. The number of aliphatic carboxylic acids is 1. The highest BCUT2D eigenvalue weighted by Gasteiger charge is 2.28. The van der Waals surface area contributed by atoms with Crippen molar-refractivity contribution in [3.8, 4) is 0 Å². The first-order valence-corrected chi connectivity index (χ1v) is 5.24. The van der Waals surface area contributed by atoms with Crippen molar-refractivity contribution in [1.29, 1.82) is 0 Å². The lowest BCUT2D eigenvalue weighted by atomic mass is 10.1. The minimum atomic E-state index is -1.03. The molecule has 16 heavy (non-hydrogen) atoms. The standard InChI is InChI=1S/C10H7Cl2NO3/c11-6-2-1-5(3-7(6)12)8-4-9(10(14)15)16-13-8/h1-3,9H,4H2,(H,14,15). The third kappa shape index (κ3) is 2.13. The molecule has 0 amide bonds. The second kappa shape index (κ2) is 4.31. The van der Waals surface area contributed by atoms with Gasteiger partial charge in [-0.25, -0.2) is 4.79 Å². The Morgan fingerprint density at radius 2 is 2.19 bits per heavy atom. The summed E-state index contributed by atoms with van der Waals surface area (Å²) in [6, 6.07) is 4.99. The summed E-state index contributed by atoms with van der Waals surface area (Å²) < 4.78 is 0. The molecule has 1 atom stereocenters. The van der Waals surface area contributed by atoms with E-state index >= 15 is 0 Å². The Balaban J connectivity index is 2.21. The third-order valence-corrected chi connectivity index (χ3v) is 2.94. The zero-order valence-corrected chi connectivity index (χ0v) is 9.50. The largest absolute Gasteiger partial charge is 0.478 e. The number of carboxylic acid groups (broad SMARTS) is 1. The van der Waals surface area contributed by atoms with Gasteiger partial charge in [-0.2, -0.15) is 0 Å². The number of nitrogens with zero attached hydrogens (tertiary/aromatic N) is 1. The van der Waals surface area contributed by atoms with Crippen molar-refractivity contribution in [1.82, 2.24) is 0 Å². The Morgan fingerprint density at radius 3 is 2.75 bits per heavy atom. The van der Waals surface area contributed by atoms with Crippen LogP contribution in [0.15, 0.2) is 23.4 Å². The number of hydrogen-bond donors (Lipinski definition) is 1. The van der Waals surface area contributed by atoms with Crippen molar-refractivity contribution >= 4 is 34.9 Å². The van der Waals surface area contributed by atoms with Crippen molar-refractivity contribution in [2.45, 2.75) is 12.5 Å². The van der Waals surface area contributed by atoms with Crippen LogP contribution in [0.25, 0.3) is 0 Å². The predicted octanol–water partition coefficient (Wildman–Crippen LogP) is 2.57. The number of hydrogen-bond acceptors (Lipinski definition) is 3.